The van der Waals surface area contributed by atoms with Crippen molar-refractivity contribution in [3.63, 3.8) is 0 Å². The Bertz CT molecular complexity index is 465. The number of hydrogen-bond acceptors (Lipinski definition) is 6. The molecule has 1 aliphatic heterocycles. The van der Waals surface area contributed by atoms with Gasteiger partial charge in [-0.3, -0.25) is 4.99 Å². The predicted octanol–water partition coefficient (Wildman–Crippen LogP) is 2.17. The lowest BCUT2D eigenvalue weighted by molar-refractivity contribution is 0.358. The van der Waals surface area contributed by atoms with Gasteiger partial charge in [0.05, 0.1) is 0 Å². The number of aromatic nitrogens is 2. The van der Waals surface area contributed by atoms with E-state index in [2.05, 4.69) is 15.5 Å². The summed E-state index contributed by atoms with van der Waals surface area (Å²) in [6.45, 7) is 3.63. The van der Waals surface area contributed by atoms with Crippen molar-refractivity contribution in [2.45, 2.75) is 39.0 Å². The number of hydrogen-bond donors (Lipinski definition) is 1. The van der Waals surface area contributed by atoms with Crippen LogP contribution in [0.15, 0.2) is 9.52 Å². The van der Waals surface area contributed by atoms with Gasteiger partial charge >= 0.3 is 0 Å². The Hall–Kier alpha value is -1.04. The average Bonchev–Trinajstić information content (AvgIpc) is 3.02. The van der Waals surface area contributed by atoms with E-state index in [-0.39, 0.29) is 0 Å². The fraction of sp³-hybridized carbons (Fsp3) is 0.769. The highest BCUT2D eigenvalue weighted by Gasteiger charge is 2.36. The van der Waals surface area contributed by atoms with E-state index in [4.69, 9.17) is 9.52 Å². The fourth-order valence-corrected chi connectivity index (χ4v) is 3.99. The minimum absolute atomic E-state index is 0.515. The minimum atomic E-state index is 0.515. The van der Waals surface area contributed by atoms with Crippen molar-refractivity contribution in [3.8, 4) is 0 Å². The van der Waals surface area contributed by atoms with Crippen molar-refractivity contribution >= 4 is 16.9 Å². The van der Waals surface area contributed by atoms with Gasteiger partial charge in [-0.15, -0.1) is 0 Å². The second-order valence-electron chi connectivity index (χ2n) is 5.52. The van der Waals surface area contributed by atoms with E-state index in [1.54, 1.807) is 0 Å². The van der Waals surface area contributed by atoms with Crippen LogP contribution < -0.4 is 5.32 Å². The van der Waals surface area contributed by atoms with Crippen molar-refractivity contribution < 1.29 is 4.52 Å². The molecule has 0 unspecified atom stereocenters. The van der Waals surface area contributed by atoms with Crippen molar-refractivity contribution in [2.24, 2.45) is 10.4 Å². The van der Waals surface area contributed by atoms with Gasteiger partial charge in [0.2, 0.25) is 5.89 Å². The van der Waals surface area contributed by atoms with Crippen LogP contribution in [0.3, 0.4) is 0 Å². The average molecular weight is 280 g/mol. The smallest absolute Gasteiger partial charge is 0.223 e. The van der Waals surface area contributed by atoms with Gasteiger partial charge in [-0.1, -0.05) is 29.8 Å². The van der Waals surface area contributed by atoms with Crippen LogP contribution >= 0.6 is 11.8 Å². The first-order valence-corrected chi connectivity index (χ1v) is 7.95. The summed E-state index contributed by atoms with van der Waals surface area (Å²) in [5, 5.41) is 8.34. The van der Waals surface area contributed by atoms with E-state index in [0.717, 1.165) is 30.5 Å². The Balaban J connectivity index is 1.45. The van der Waals surface area contributed by atoms with Crippen LogP contribution in [0.2, 0.25) is 0 Å². The first-order chi connectivity index (χ1) is 9.26. The standard InChI is InChI=1S/C13H20N4OS/c1-10-16-11(17-18-10)4-7-14-12-15-8-13(9-19-12)5-2-3-6-13/h2-9H2,1H3,(H,14,15). The Kier molecular flexibility index (Phi) is 3.77. The summed E-state index contributed by atoms with van der Waals surface area (Å²) in [6, 6.07) is 0. The molecule has 0 bridgehead atoms. The molecule has 1 saturated carbocycles. The molecule has 6 heteroatoms. The molecule has 1 aromatic rings. The van der Waals surface area contributed by atoms with Gasteiger partial charge in [0.1, 0.15) is 0 Å². The summed E-state index contributed by atoms with van der Waals surface area (Å²) >= 11 is 1.87. The van der Waals surface area contributed by atoms with Crippen LogP contribution in [0.1, 0.15) is 37.4 Å². The summed E-state index contributed by atoms with van der Waals surface area (Å²) < 4.78 is 4.95. The summed E-state index contributed by atoms with van der Waals surface area (Å²) in [5.41, 5.74) is 0.515. The molecule has 0 amide bonds. The van der Waals surface area contributed by atoms with Crippen molar-refractivity contribution in [1.29, 1.82) is 0 Å². The van der Waals surface area contributed by atoms with Crippen LogP contribution in [0.5, 0.6) is 0 Å². The molecule has 2 aliphatic rings. The number of aliphatic imine (C=N–C) groups is 1. The van der Waals surface area contributed by atoms with Crippen LogP contribution in [0, 0.1) is 12.3 Å². The van der Waals surface area contributed by atoms with Gasteiger partial charge in [-0.2, -0.15) is 4.98 Å². The zero-order valence-electron chi connectivity index (χ0n) is 11.3. The van der Waals surface area contributed by atoms with Crippen molar-refractivity contribution in [3.05, 3.63) is 11.7 Å². The summed E-state index contributed by atoms with van der Waals surface area (Å²) in [7, 11) is 0. The molecule has 0 atom stereocenters. The highest BCUT2D eigenvalue weighted by molar-refractivity contribution is 8.13. The molecule has 5 nitrogen and oxygen atoms in total. The van der Waals surface area contributed by atoms with Crippen LogP contribution in [0.4, 0.5) is 0 Å². The third-order valence-electron chi connectivity index (χ3n) is 3.93. The van der Waals surface area contributed by atoms with Gasteiger partial charge < -0.3 is 9.84 Å². The van der Waals surface area contributed by atoms with E-state index in [9.17, 15) is 0 Å². The Morgan fingerprint density at radius 3 is 2.84 bits per heavy atom. The van der Waals surface area contributed by atoms with E-state index in [0.29, 0.717) is 11.3 Å². The number of aryl methyl sites for hydroxylation is 1. The molecular weight excluding hydrogens is 260 g/mol. The molecule has 19 heavy (non-hydrogen) atoms. The molecule has 0 saturated heterocycles. The second-order valence-corrected chi connectivity index (χ2v) is 6.49. The maximum Gasteiger partial charge on any atom is 0.223 e. The molecule has 1 N–H and O–H groups in total. The molecule has 104 valence electrons. The SMILES string of the molecule is Cc1nc(CCNC2=NCC3(CCCC3)CS2)no1. The lowest BCUT2D eigenvalue weighted by atomic mass is 9.89. The molecule has 1 aromatic heterocycles. The molecule has 1 aliphatic carbocycles. The highest BCUT2D eigenvalue weighted by atomic mass is 32.2. The Morgan fingerprint density at radius 1 is 1.37 bits per heavy atom. The van der Waals surface area contributed by atoms with Crippen molar-refractivity contribution in [2.75, 3.05) is 18.8 Å². The Morgan fingerprint density at radius 2 is 2.21 bits per heavy atom. The van der Waals surface area contributed by atoms with Crippen LogP contribution in [-0.2, 0) is 6.42 Å². The van der Waals surface area contributed by atoms with Gasteiger partial charge in [-0.05, 0) is 18.3 Å². The summed E-state index contributed by atoms with van der Waals surface area (Å²) in [5.74, 6) is 2.61. The van der Waals surface area contributed by atoms with Gasteiger partial charge in [0.25, 0.3) is 0 Å². The molecule has 2 heterocycles. The number of thioether (sulfide) groups is 1. The monoisotopic (exact) mass is 280 g/mol. The van der Waals surface area contributed by atoms with Crippen LogP contribution in [0.25, 0.3) is 0 Å². The van der Waals surface area contributed by atoms with E-state index in [1.807, 2.05) is 18.7 Å². The Labute approximate surface area is 117 Å². The topological polar surface area (TPSA) is 63.3 Å². The lowest BCUT2D eigenvalue weighted by Gasteiger charge is -2.31. The van der Waals surface area contributed by atoms with Gasteiger partial charge in [0.15, 0.2) is 11.0 Å². The maximum atomic E-state index is 4.95. The zero-order chi connectivity index (χ0) is 13.1. The zero-order valence-corrected chi connectivity index (χ0v) is 12.1. The number of nitrogens with one attached hydrogen (secondary N) is 1. The largest absolute Gasteiger partial charge is 0.364 e. The number of nitrogens with zero attached hydrogens (tertiary/aromatic N) is 3. The second kappa shape index (κ2) is 5.53. The summed E-state index contributed by atoms with van der Waals surface area (Å²) in [6.07, 6.45) is 6.27. The van der Waals surface area contributed by atoms with Gasteiger partial charge in [0, 0.05) is 32.2 Å². The first kappa shape index (κ1) is 13.0. The lowest BCUT2D eigenvalue weighted by Crippen LogP contribution is -2.34. The molecule has 0 radical (unpaired) electrons. The van der Waals surface area contributed by atoms with E-state index < -0.39 is 0 Å². The van der Waals surface area contributed by atoms with Gasteiger partial charge in [-0.25, -0.2) is 0 Å². The normalized spacial score (nSPS) is 21.6. The molecule has 1 fully saturated rings. The first-order valence-electron chi connectivity index (χ1n) is 6.96. The molecule has 0 aromatic carbocycles. The maximum absolute atomic E-state index is 4.95. The van der Waals surface area contributed by atoms with E-state index >= 15 is 0 Å². The number of rotatable bonds is 3. The third-order valence-corrected chi connectivity index (χ3v) is 5.24. The third kappa shape index (κ3) is 3.11. The molecule has 1 spiro atoms. The molecule has 3 rings (SSSR count). The van der Waals surface area contributed by atoms with E-state index in [1.165, 1.54) is 31.4 Å². The quantitative estimate of drug-likeness (QED) is 0.919. The minimum Gasteiger partial charge on any atom is -0.364 e. The predicted molar refractivity (Wildman–Crippen MR) is 76.4 cm³/mol. The highest BCUT2D eigenvalue weighted by Crippen LogP contribution is 2.43. The number of amidine groups is 1. The van der Waals surface area contributed by atoms with Crippen LogP contribution in [-0.4, -0.2) is 34.2 Å². The molecular formula is C13H20N4OS. The summed E-state index contributed by atoms with van der Waals surface area (Å²) in [4.78, 5) is 8.89. The van der Waals surface area contributed by atoms with Crippen molar-refractivity contribution in [1.82, 2.24) is 15.5 Å². The fourth-order valence-electron chi connectivity index (χ4n) is 2.81.